The molecule has 0 saturated carbocycles. The molecule has 2 rings (SSSR count). The van der Waals surface area contributed by atoms with Crippen LogP contribution in [0.15, 0.2) is 17.3 Å². The number of nitrogens with zero attached hydrogens (tertiary/aromatic N) is 1. The van der Waals surface area contributed by atoms with Crippen molar-refractivity contribution in [3.8, 4) is 0 Å². The quantitative estimate of drug-likeness (QED) is 0.486. The molecule has 0 aromatic carbocycles. The Hall–Kier alpha value is -0.752. The average molecular weight is 373 g/mol. The van der Waals surface area contributed by atoms with Gasteiger partial charge in [0.15, 0.2) is 0 Å². The van der Waals surface area contributed by atoms with E-state index in [4.69, 9.17) is 5.11 Å². The first-order chi connectivity index (χ1) is 10.2. The molecule has 0 spiro atoms. The van der Waals surface area contributed by atoms with Crippen LogP contribution in [-0.2, 0) is 5.21 Å². The van der Waals surface area contributed by atoms with Crippen LogP contribution in [0.25, 0.3) is 11.0 Å². The van der Waals surface area contributed by atoms with E-state index in [-0.39, 0.29) is 33.8 Å². The summed E-state index contributed by atoms with van der Waals surface area (Å²) in [5.74, 6) is 1.00. The first-order valence-corrected chi connectivity index (χ1v) is 11.1. The van der Waals surface area contributed by atoms with E-state index in [0.29, 0.717) is 5.52 Å². The van der Waals surface area contributed by atoms with Gasteiger partial charge >= 0.3 is 133 Å². The molecule has 0 amide bonds. The molecule has 8 heteroatoms. The molecule has 0 aliphatic heterocycles. The zero-order valence-electron chi connectivity index (χ0n) is 11.8. The van der Waals surface area contributed by atoms with E-state index in [0.717, 1.165) is 27.3 Å². The number of aliphatic hydroxyl groups is 2. The molecule has 21 heavy (non-hydrogen) atoms. The van der Waals surface area contributed by atoms with Crippen LogP contribution < -0.4 is 5.56 Å². The van der Waals surface area contributed by atoms with Crippen LogP contribution in [0, 0.1) is 5.92 Å². The van der Waals surface area contributed by atoms with Crippen molar-refractivity contribution < 1.29 is 10.2 Å². The Morgan fingerprint density at radius 3 is 3.00 bits per heavy atom. The van der Waals surface area contributed by atoms with Crippen LogP contribution in [0.3, 0.4) is 0 Å². The summed E-state index contributed by atoms with van der Waals surface area (Å²) >= 11 is 1.39. The second-order valence-corrected chi connectivity index (χ2v) is 8.42. The van der Waals surface area contributed by atoms with Gasteiger partial charge in [-0.15, -0.1) is 0 Å². The molecule has 0 bridgehead atoms. The number of thioether (sulfide) groups is 1. The van der Waals surface area contributed by atoms with Crippen LogP contribution >= 0.6 is 11.8 Å². The van der Waals surface area contributed by atoms with Gasteiger partial charge in [0, 0.05) is 0 Å². The number of nitrogens with one attached hydrogen (secondary N) is 2. The minimum atomic E-state index is -0.634. The van der Waals surface area contributed by atoms with E-state index in [9.17, 15) is 9.90 Å². The number of aromatic nitrogens is 3. The van der Waals surface area contributed by atoms with E-state index in [1.165, 1.54) is 6.33 Å². The molecule has 2 aromatic heterocycles. The molecule has 3 atom stereocenters. The zero-order valence-corrected chi connectivity index (χ0v) is 14.7. The van der Waals surface area contributed by atoms with Gasteiger partial charge in [-0.05, 0) is 0 Å². The molecule has 0 radical (unpaired) electrons. The summed E-state index contributed by atoms with van der Waals surface area (Å²) in [4.78, 5) is 21.4. The molecular weight excluding hydrogens is 353 g/mol. The first-order valence-electron chi connectivity index (χ1n) is 6.69. The van der Waals surface area contributed by atoms with Gasteiger partial charge in [-0.2, -0.15) is 0 Å². The number of H-pyrrole nitrogens is 2. The van der Waals surface area contributed by atoms with Crippen molar-refractivity contribution in [2.75, 3.05) is 18.6 Å². The van der Waals surface area contributed by atoms with Crippen molar-refractivity contribution >= 4 is 38.5 Å². The summed E-state index contributed by atoms with van der Waals surface area (Å²) in [7, 11) is 0. The SMILES string of the molecule is CSC[C@@H](C[AsH]Cc1c[nH]c2c(=O)[nH]cnc12)[C@H](O)CO. The zero-order chi connectivity index (χ0) is 15.2. The standard InChI is InChI=1S/C13H20AsN3O3S/c1-21-6-9(10(19)5-18)3-14-2-8-4-15-12-11(8)16-7-17-13(12)20/h4,7,9-10,14-15,18-19H,2-3,5-6H2,1H3,(H,16,17,20)/t9-,10-/m1/s1. The molecule has 1 unspecified atom stereocenters. The van der Waals surface area contributed by atoms with E-state index >= 15 is 0 Å². The maximum absolute atomic E-state index is 11.6. The number of fused-ring (bicyclic) bond motifs is 1. The third-order valence-electron chi connectivity index (χ3n) is 3.38. The number of hydrogen-bond donors (Lipinski definition) is 4. The maximum atomic E-state index is 11.6. The number of hydrogen-bond acceptors (Lipinski definition) is 5. The van der Waals surface area contributed by atoms with Crippen LogP contribution in [0.4, 0.5) is 0 Å². The van der Waals surface area contributed by atoms with Crippen molar-refractivity contribution in [1.82, 2.24) is 15.0 Å². The van der Waals surface area contributed by atoms with Crippen LogP contribution in [-0.4, -0.2) is 65.6 Å². The summed E-state index contributed by atoms with van der Waals surface area (Å²) in [5, 5.41) is 20.8. The Kier molecular flexibility index (Phi) is 6.36. The third kappa shape index (κ3) is 4.13. The minimum absolute atomic E-state index is 0.145. The summed E-state index contributed by atoms with van der Waals surface area (Å²) in [6.07, 6.45) is 4.65. The van der Waals surface area contributed by atoms with Crippen molar-refractivity contribution in [3.05, 3.63) is 28.4 Å². The molecule has 6 nitrogen and oxygen atoms in total. The fourth-order valence-corrected chi connectivity index (χ4v) is 6.49. The fourth-order valence-electron chi connectivity index (χ4n) is 2.20. The Morgan fingerprint density at radius 2 is 2.29 bits per heavy atom. The van der Waals surface area contributed by atoms with Gasteiger partial charge in [0.25, 0.3) is 0 Å². The second-order valence-electron chi connectivity index (χ2n) is 4.87. The van der Waals surface area contributed by atoms with Gasteiger partial charge in [0.1, 0.15) is 0 Å². The summed E-state index contributed by atoms with van der Waals surface area (Å²) in [6, 6.07) is 0. The predicted molar refractivity (Wildman–Crippen MR) is 87.3 cm³/mol. The molecule has 0 saturated heterocycles. The molecule has 2 heterocycles. The van der Waals surface area contributed by atoms with Gasteiger partial charge in [0.05, 0.1) is 0 Å². The van der Waals surface area contributed by atoms with Crippen LogP contribution in [0.5, 0.6) is 0 Å². The summed E-state index contributed by atoms with van der Waals surface area (Å²) in [5.41, 5.74) is 2.18. The van der Waals surface area contributed by atoms with Gasteiger partial charge in [0.2, 0.25) is 0 Å². The molecule has 4 N–H and O–H groups in total. The molecular formula is C13H20AsN3O3S. The monoisotopic (exact) mass is 373 g/mol. The summed E-state index contributed by atoms with van der Waals surface area (Å²) in [6.45, 7) is -0.179. The predicted octanol–water partition coefficient (Wildman–Crippen LogP) is -0.0616. The average Bonchev–Trinajstić information content (AvgIpc) is 2.90. The molecule has 0 aliphatic carbocycles. The van der Waals surface area contributed by atoms with Gasteiger partial charge in [-0.3, -0.25) is 0 Å². The normalized spacial score (nSPS) is 15.0. The van der Waals surface area contributed by atoms with Crippen molar-refractivity contribution in [2.45, 2.75) is 16.5 Å². The van der Waals surface area contributed by atoms with E-state index in [1.807, 2.05) is 12.5 Å². The second kappa shape index (κ2) is 8.03. The Bertz CT molecular complexity index is 630. The third-order valence-corrected chi connectivity index (χ3v) is 7.17. The number of rotatable bonds is 8. The van der Waals surface area contributed by atoms with Gasteiger partial charge in [-0.25, -0.2) is 0 Å². The fraction of sp³-hybridized carbons (Fsp3) is 0.538. The number of aromatic amines is 2. The Labute approximate surface area is 133 Å². The van der Waals surface area contributed by atoms with Crippen molar-refractivity contribution in [1.29, 1.82) is 0 Å². The topological polar surface area (TPSA) is 102 Å². The molecule has 116 valence electrons. The molecule has 0 fully saturated rings. The Morgan fingerprint density at radius 1 is 1.48 bits per heavy atom. The molecule has 2 aromatic rings. The van der Waals surface area contributed by atoms with Crippen LogP contribution in [0.2, 0.25) is 5.21 Å². The van der Waals surface area contributed by atoms with Crippen molar-refractivity contribution in [3.63, 3.8) is 0 Å². The van der Waals surface area contributed by atoms with Crippen molar-refractivity contribution in [2.24, 2.45) is 5.92 Å². The van der Waals surface area contributed by atoms with Crippen LogP contribution in [0.1, 0.15) is 5.56 Å². The Balaban J connectivity index is 1.98. The van der Waals surface area contributed by atoms with Gasteiger partial charge < -0.3 is 0 Å². The van der Waals surface area contributed by atoms with Gasteiger partial charge in [-0.1, -0.05) is 0 Å². The molecule has 0 aliphatic rings. The van der Waals surface area contributed by atoms with E-state index in [2.05, 4.69) is 15.0 Å². The van der Waals surface area contributed by atoms with E-state index < -0.39 is 6.10 Å². The number of aliphatic hydroxyl groups excluding tert-OH is 2. The first kappa shape index (κ1) is 16.6. The van der Waals surface area contributed by atoms with E-state index in [1.54, 1.807) is 11.8 Å². The summed E-state index contributed by atoms with van der Waals surface area (Å²) < 4.78 is 0.